The van der Waals surface area contributed by atoms with Gasteiger partial charge in [0.15, 0.2) is 0 Å². The highest BCUT2D eigenvalue weighted by molar-refractivity contribution is 5.96. The highest BCUT2D eigenvalue weighted by atomic mass is 19.1. The summed E-state index contributed by atoms with van der Waals surface area (Å²) >= 11 is 0. The van der Waals surface area contributed by atoms with Gasteiger partial charge in [-0.25, -0.2) is 8.78 Å². The second-order valence-electron chi connectivity index (χ2n) is 10.2. The molecule has 210 valence electrons. The summed E-state index contributed by atoms with van der Waals surface area (Å²) in [7, 11) is 0. The van der Waals surface area contributed by atoms with E-state index in [-0.39, 0.29) is 31.0 Å². The quantitative estimate of drug-likeness (QED) is 0.334. The lowest BCUT2D eigenvalue weighted by molar-refractivity contribution is -0.132. The second kappa shape index (κ2) is 14.1. The van der Waals surface area contributed by atoms with E-state index in [9.17, 15) is 23.5 Å². The molecule has 0 bridgehead atoms. The zero-order chi connectivity index (χ0) is 28.4. The Bertz CT molecular complexity index is 1180. The first-order chi connectivity index (χ1) is 18.7. The Hall–Kier alpha value is -3.36. The fraction of sp³-hybridized carbons (Fsp3) is 0.419. The van der Waals surface area contributed by atoms with Gasteiger partial charge in [0.1, 0.15) is 11.6 Å². The molecule has 1 unspecified atom stereocenters. The van der Waals surface area contributed by atoms with E-state index in [4.69, 9.17) is 5.73 Å². The first-order valence-electron chi connectivity index (χ1n) is 13.6. The van der Waals surface area contributed by atoms with Crippen molar-refractivity contribution in [2.45, 2.75) is 52.2 Å². The summed E-state index contributed by atoms with van der Waals surface area (Å²) in [4.78, 5) is 28.4. The van der Waals surface area contributed by atoms with E-state index in [2.05, 4.69) is 5.32 Å². The molecule has 0 saturated carbocycles. The molecule has 2 aromatic carbocycles. The van der Waals surface area contributed by atoms with Crippen molar-refractivity contribution in [1.29, 1.82) is 0 Å². The van der Waals surface area contributed by atoms with Crippen LogP contribution in [0.5, 0.6) is 0 Å². The molecule has 4 N–H and O–H groups in total. The van der Waals surface area contributed by atoms with Gasteiger partial charge in [0.05, 0.1) is 11.5 Å². The fourth-order valence-electron chi connectivity index (χ4n) is 5.29. The van der Waals surface area contributed by atoms with Gasteiger partial charge in [0, 0.05) is 43.2 Å². The van der Waals surface area contributed by atoms with Gasteiger partial charge in [-0.2, -0.15) is 0 Å². The summed E-state index contributed by atoms with van der Waals surface area (Å²) in [5.41, 5.74) is 6.21. The van der Waals surface area contributed by atoms with Gasteiger partial charge in [0.2, 0.25) is 11.8 Å². The average Bonchev–Trinajstić information content (AvgIpc) is 2.93. The number of aliphatic hydroxyl groups excluding tert-OH is 1. The molecule has 1 aliphatic rings. The topological polar surface area (TPSA) is 95.7 Å². The minimum Gasteiger partial charge on any atom is -0.391 e. The SMILES string of the molecule is CCCN(CCC)C(=O)C1=CC=CC(C(N)=O)([C@H](Cc2ccccc2)[C@@H](O)CNCc2cc(F)ccc2F)C1. The summed E-state index contributed by atoms with van der Waals surface area (Å²) in [6, 6.07) is 12.6. The summed E-state index contributed by atoms with van der Waals surface area (Å²) in [5.74, 6) is -2.58. The molecule has 0 saturated heterocycles. The number of hydrogen-bond donors (Lipinski definition) is 3. The molecule has 0 radical (unpaired) electrons. The normalized spacial score (nSPS) is 18.3. The molecule has 3 rings (SSSR count). The van der Waals surface area contributed by atoms with Crippen LogP contribution in [0.2, 0.25) is 0 Å². The molecule has 0 heterocycles. The van der Waals surface area contributed by atoms with E-state index in [1.807, 2.05) is 44.2 Å². The van der Waals surface area contributed by atoms with E-state index in [0.717, 1.165) is 36.6 Å². The molecule has 8 heteroatoms. The van der Waals surface area contributed by atoms with Crippen LogP contribution in [0.4, 0.5) is 8.78 Å². The number of nitrogens with zero attached hydrogens (tertiary/aromatic N) is 1. The van der Waals surface area contributed by atoms with Crippen LogP contribution in [0.25, 0.3) is 0 Å². The highest BCUT2D eigenvalue weighted by Crippen LogP contribution is 2.43. The number of hydrogen-bond acceptors (Lipinski definition) is 4. The predicted molar refractivity (Wildman–Crippen MR) is 148 cm³/mol. The molecule has 0 aromatic heterocycles. The van der Waals surface area contributed by atoms with Crippen LogP contribution in [-0.2, 0) is 22.6 Å². The van der Waals surface area contributed by atoms with Gasteiger partial charge < -0.3 is 21.1 Å². The van der Waals surface area contributed by atoms with E-state index in [1.165, 1.54) is 0 Å². The van der Waals surface area contributed by atoms with Crippen molar-refractivity contribution in [3.05, 3.63) is 95.1 Å². The lowest BCUT2D eigenvalue weighted by Crippen LogP contribution is -2.51. The molecule has 0 spiro atoms. The Morgan fingerprint density at radius 1 is 1.10 bits per heavy atom. The van der Waals surface area contributed by atoms with Crippen LogP contribution in [0.15, 0.2) is 72.3 Å². The van der Waals surface area contributed by atoms with Crippen molar-refractivity contribution in [2.75, 3.05) is 19.6 Å². The maximum atomic E-state index is 14.1. The number of primary amides is 1. The number of nitrogens with one attached hydrogen (secondary N) is 1. The molecule has 3 atom stereocenters. The standard InChI is InChI=1S/C31H39F2N3O3/c1-3-15-36(16-4-2)29(38)23-11-8-14-31(19-23,30(34)39)26(17-22-9-6-5-7-10-22)28(37)21-35-20-24-18-25(32)12-13-27(24)33/h5-14,18,26,28,35,37H,3-4,15-17,19-21H2,1-2H3,(H2,34,39)/t26-,28+,31?/m1/s1. The maximum absolute atomic E-state index is 14.1. The van der Waals surface area contributed by atoms with E-state index >= 15 is 0 Å². The zero-order valence-electron chi connectivity index (χ0n) is 22.7. The molecule has 2 amide bonds. The third kappa shape index (κ3) is 7.61. The predicted octanol–water partition coefficient (Wildman–Crippen LogP) is 4.28. The fourth-order valence-corrected chi connectivity index (χ4v) is 5.29. The van der Waals surface area contributed by atoms with Gasteiger partial charge in [-0.15, -0.1) is 0 Å². The summed E-state index contributed by atoms with van der Waals surface area (Å²) in [5, 5.41) is 14.4. The van der Waals surface area contributed by atoms with Crippen LogP contribution in [0.1, 0.15) is 44.2 Å². The van der Waals surface area contributed by atoms with E-state index < -0.39 is 35.0 Å². The van der Waals surface area contributed by atoms with Gasteiger partial charge in [0.25, 0.3) is 0 Å². The summed E-state index contributed by atoms with van der Waals surface area (Å²) in [6.45, 7) is 5.22. The van der Waals surface area contributed by atoms with Crippen LogP contribution in [0, 0.1) is 23.0 Å². The summed E-state index contributed by atoms with van der Waals surface area (Å²) in [6.07, 6.45) is 6.01. The van der Waals surface area contributed by atoms with Crippen LogP contribution in [-0.4, -0.2) is 47.6 Å². The zero-order valence-corrected chi connectivity index (χ0v) is 22.7. The molecular formula is C31H39F2N3O3. The van der Waals surface area contributed by atoms with Gasteiger partial charge in [-0.05, 0) is 49.4 Å². The minimum atomic E-state index is -1.33. The van der Waals surface area contributed by atoms with Gasteiger partial charge >= 0.3 is 0 Å². The molecule has 0 aliphatic heterocycles. The third-order valence-electron chi connectivity index (χ3n) is 7.28. The average molecular weight is 540 g/mol. The number of benzene rings is 2. The number of rotatable bonds is 14. The molecule has 2 aromatic rings. The minimum absolute atomic E-state index is 0.00110. The number of carbonyl (C=O) groups is 2. The monoisotopic (exact) mass is 539 g/mol. The lowest BCUT2D eigenvalue weighted by atomic mass is 9.64. The van der Waals surface area contributed by atoms with Crippen molar-refractivity contribution >= 4 is 11.8 Å². The first-order valence-corrected chi connectivity index (χ1v) is 13.6. The van der Waals surface area contributed by atoms with Crippen molar-refractivity contribution in [2.24, 2.45) is 17.1 Å². The van der Waals surface area contributed by atoms with Gasteiger partial charge in [-0.1, -0.05) is 62.4 Å². The van der Waals surface area contributed by atoms with Crippen molar-refractivity contribution in [1.82, 2.24) is 10.2 Å². The number of allylic oxidation sites excluding steroid dienone is 2. The van der Waals surface area contributed by atoms with Crippen LogP contribution < -0.4 is 11.1 Å². The Labute approximate surface area is 229 Å². The van der Waals surface area contributed by atoms with Crippen molar-refractivity contribution in [3.8, 4) is 0 Å². The molecular weight excluding hydrogens is 500 g/mol. The second-order valence-corrected chi connectivity index (χ2v) is 10.2. The Balaban J connectivity index is 1.89. The Morgan fingerprint density at radius 2 is 1.79 bits per heavy atom. The highest BCUT2D eigenvalue weighted by Gasteiger charge is 2.47. The van der Waals surface area contributed by atoms with E-state index in [1.54, 1.807) is 23.1 Å². The van der Waals surface area contributed by atoms with Gasteiger partial charge in [-0.3, -0.25) is 9.59 Å². The van der Waals surface area contributed by atoms with E-state index in [0.29, 0.717) is 25.1 Å². The van der Waals surface area contributed by atoms with Crippen LogP contribution >= 0.6 is 0 Å². The number of carbonyl (C=O) groups excluding carboxylic acids is 2. The number of aliphatic hydroxyl groups is 1. The number of nitrogens with two attached hydrogens (primary N) is 1. The number of halogens is 2. The molecule has 6 nitrogen and oxygen atoms in total. The number of amides is 2. The molecule has 39 heavy (non-hydrogen) atoms. The third-order valence-corrected chi connectivity index (χ3v) is 7.28. The maximum Gasteiger partial charge on any atom is 0.249 e. The van der Waals surface area contributed by atoms with Crippen molar-refractivity contribution < 1.29 is 23.5 Å². The largest absolute Gasteiger partial charge is 0.391 e. The smallest absolute Gasteiger partial charge is 0.249 e. The van der Waals surface area contributed by atoms with Crippen molar-refractivity contribution in [3.63, 3.8) is 0 Å². The lowest BCUT2D eigenvalue weighted by Gasteiger charge is -2.41. The first kappa shape index (κ1) is 30.2. The summed E-state index contributed by atoms with van der Waals surface area (Å²) < 4.78 is 27.7. The van der Waals surface area contributed by atoms with Crippen LogP contribution in [0.3, 0.4) is 0 Å². The Morgan fingerprint density at radius 3 is 2.44 bits per heavy atom. The Kier molecular flexibility index (Phi) is 10.9. The molecule has 0 fully saturated rings. The molecule has 1 aliphatic carbocycles.